The SMILES string of the molecule is Fc1ccc(CC(CBr)(CBr)c2ccccc2Br)c(Br)c1. The zero-order valence-electron chi connectivity index (χ0n) is 11.1. The fraction of sp³-hybridized carbons (Fsp3) is 0.250. The number of benzene rings is 2. The highest BCUT2D eigenvalue weighted by Crippen LogP contribution is 2.38. The largest absolute Gasteiger partial charge is 0.207 e. The quantitative estimate of drug-likeness (QED) is 0.372. The first-order valence-corrected chi connectivity index (χ1v) is 10.2. The average molecular weight is 544 g/mol. The molecule has 0 spiro atoms. The van der Waals surface area contributed by atoms with E-state index in [2.05, 4.69) is 75.9 Å². The van der Waals surface area contributed by atoms with Gasteiger partial charge in [0.05, 0.1) is 0 Å². The Labute approximate surface area is 158 Å². The maximum Gasteiger partial charge on any atom is 0.124 e. The van der Waals surface area contributed by atoms with Gasteiger partial charge in [-0.25, -0.2) is 4.39 Å². The summed E-state index contributed by atoms with van der Waals surface area (Å²) in [6.45, 7) is 0. The minimum absolute atomic E-state index is 0.111. The van der Waals surface area contributed by atoms with Crippen LogP contribution in [-0.4, -0.2) is 10.7 Å². The molecular formula is C16H13Br4F. The fourth-order valence-electron chi connectivity index (χ4n) is 2.29. The molecule has 0 unspecified atom stereocenters. The molecule has 5 heteroatoms. The smallest absolute Gasteiger partial charge is 0.124 e. The summed E-state index contributed by atoms with van der Waals surface area (Å²) >= 11 is 14.4. The maximum atomic E-state index is 13.3. The molecule has 2 rings (SSSR count). The van der Waals surface area contributed by atoms with Gasteiger partial charge in [0.15, 0.2) is 0 Å². The minimum Gasteiger partial charge on any atom is -0.207 e. The third kappa shape index (κ3) is 3.98. The van der Waals surface area contributed by atoms with E-state index in [1.165, 1.54) is 17.7 Å². The van der Waals surface area contributed by atoms with E-state index in [-0.39, 0.29) is 11.2 Å². The van der Waals surface area contributed by atoms with E-state index in [1.54, 1.807) is 0 Å². The van der Waals surface area contributed by atoms with Crippen LogP contribution in [0.15, 0.2) is 51.4 Å². The summed E-state index contributed by atoms with van der Waals surface area (Å²) in [5, 5.41) is 1.61. The van der Waals surface area contributed by atoms with E-state index < -0.39 is 0 Å². The van der Waals surface area contributed by atoms with Gasteiger partial charge in [-0.15, -0.1) is 0 Å². The Bertz CT molecular complexity index is 623. The third-order valence-corrected chi connectivity index (χ3v) is 7.08. The molecule has 0 amide bonds. The van der Waals surface area contributed by atoms with Gasteiger partial charge in [0, 0.05) is 25.0 Å². The highest BCUT2D eigenvalue weighted by Gasteiger charge is 2.32. The molecule has 2 aromatic carbocycles. The topological polar surface area (TPSA) is 0 Å². The molecule has 0 saturated heterocycles. The molecule has 0 bridgehead atoms. The summed E-state index contributed by atoms with van der Waals surface area (Å²) in [4.78, 5) is 0. The zero-order chi connectivity index (χ0) is 15.5. The Balaban J connectivity index is 2.46. The lowest BCUT2D eigenvalue weighted by atomic mass is 9.79. The molecule has 0 aliphatic carbocycles. The van der Waals surface area contributed by atoms with Crippen molar-refractivity contribution in [3.05, 3.63) is 68.4 Å². The van der Waals surface area contributed by atoms with Crippen LogP contribution < -0.4 is 0 Å². The number of alkyl halides is 2. The molecule has 0 radical (unpaired) electrons. The van der Waals surface area contributed by atoms with Crippen molar-refractivity contribution >= 4 is 63.7 Å². The Hall–Kier alpha value is 0.290. The van der Waals surface area contributed by atoms with Gasteiger partial charge < -0.3 is 0 Å². The van der Waals surface area contributed by atoms with Crippen molar-refractivity contribution in [3.63, 3.8) is 0 Å². The highest BCUT2D eigenvalue weighted by molar-refractivity contribution is 9.11. The molecule has 0 atom stereocenters. The summed E-state index contributed by atoms with van der Waals surface area (Å²) in [7, 11) is 0. The van der Waals surface area contributed by atoms with Crippen molar-refractivity contribution in [1.29, 1.82) is 0 Å². The Kier molecular flexibility index (Phi) is 6.48. The lowest BCUT2D eigenvalue weighted by Gasteiger charge is -2.32. The molecule has 21 heavy (non-hydrogen) atoms. The second-order valence-corrected chi connectivity index (χ2v) is 7.77. The summed E-state index contributed by atoms with van der Waals surface area (Å²) < 4.78 is 15.2. The van der Waals surface area contributed by atoms with E-state index in [9.17, 15) is 4.39 Å². The van der Waals surface area contributed by atoms with E-state index in [4.69, 9.17) is 0 Å². The second kappa shape index (κ2) is 7.71. The van der Waals surface area contributed by atoms with Gasteiger partial charge in [-0.3, -0.25) is 0 Å². The molecule has 0 heterocycles. The van der Waals surface area contributed by atoms with Gasteiger partial charge in [0.25, 0.3) is 0 Å². The monoisotopic (exact) mass is 540 g/mol. The Morgan fingerprint density at radius 1 is 0.905 bits per heavy atom. The van der Waals surface area contributed by atoms with Crippen LogP contribution in [0.3, 0.4) is 0 Å². The molecule has 0 nitrogen and oxygen atoms in total. The molecule has 0 saturated carbocycles. The molecule has 0 aliphatic rings. The Morgan fingerprint density at radius 3 is 2.14 bits per heavy atom. The first-order valence-electron chi connectivity index (χ1n) is 6.33. The van der Waals surface area contributed by atoms with Gasteiger partial charge in [0.2, 0.25) is 0 Å². The predicted octanol–water partition coefficient (Wildman–Crippen LogP) is 6.62. The zero-order valence-corrected chi connectivity index (χ0v) is 17.4. The van der Waals surface area contributed by atoms with Crippen LogP contribution >= 0.6 is 63.7 Å². The number of hydrogen-bond acceptors (Lipinski definition) is 0. The van der Waals surface area contributed by atoms with Crippen molar-refractivity contribution in [2.45, 2.75) is 11.8 Å². The number of rotatable bonds is 5. The van der Waals surface area contributed by atoms with Crippen LogP contribution in [0.5, 0.6) is 0 Å². The summed E-state index contributed by atoms with van der Waals surface area (Å²) in [6.07, 6.45) is 0.799. The van der Waals surface area contributed by atoms with E-state index in [0.717, 1.165) is 31.6 Å². The standard InChI is InChI=1S/C16H13Br4F/c17-9-16(10-18,13-3-1-2-4-14(13)19)8-11-5-6-12(21)7-15(11)20/h1-7H,8-10H2. The van der Waals surface area contributed by atoms with Gasteiger partial charge >= 0.3 is 0 Å². The molecular weight excluding hydrogens is 531 g/mol. The summed E-state index contributed by atoms with van der Waals surface area (Å²) in [5.41, 5.74) is 2.21. The van der Waals surface area contributed by atoms with E-state index in [1.807, 2.05) is 18.2 Å². The highest BCUT2D eigenvalue weighted by atomic mass is 79.9. The van der Waals surface area contributed by atoms with E-state index >= 15 is 0 Å². The fourth-order valence-corrected chi connectivity index (χ4v) is 5.42. The van der Waals surface area contributed by atoms with Crippen molar-refractivity contribution < 1.29 is 4.39 Å². The average Bonchev–Trinajstić information content (AvgIpc) is 2.48. The van der Waals surface area contributed by atoms with Crippen molar-refractivity contribution in [3.8, 4) is 0 Å². The first kappa shape index (κ1) is 17.6. The van der Waals surface area contributed by atoms with Crippen LogP contribution in [0.4, 0.5) is 4.39 Å². The van der Waals surface area contributed by atoms with Gasteiger partial charge in [-0.2, -0.15) is 0 Å². The number of halogens is 5. The van der Waals surface area contributed by atoms with Crippen LogP contribution in [-0.2, 0) is 11.8 Å². The third-order valence-electron chi connectivity index (χ3n) is 3.50. The van der Waals surface area contributed by atoms with Gasteiger partial charge in [-0.1, -0.05) is 88.0 Å². The second-order valence-electron chi connectivity index (χ2n) is 4.94. The molecule has 112 valence electrons. The molecule has 2 aromatic rings. The molecule has 0 aromatic heterocycles. The molecule has 0 N–H and O–H groups in total. The summed E-state index contributed by atoms with van der Waals surface area (Å²) in [6, 6.07) is 13.1. The van der Waals surface area contributed by atoms with Crippen LogP contribution in [0, 0.1) is 5.82 Å². The molecule has 0 aliphatic heterocycles. The van der Waals surface area contributed by atoms with Crippen LogP contribution in [0.25, 0.3) is 0 Å². The van der Waals surface area contributed by atoms with Gasteiger partial charge in [-0.05, 0) is 35.7 Å². The lowest BCUT2D eigenvalue weighted by Crippen LogP contribution is -2.33. The normalized spacial score (nSPS) is 11.7. The molecule has 0 fully saturated rings. The first-order chi connectivity index (χ1) is 10.0. The Morgan fingerprint density at radius 2 is 1.57 bits per heavy atom. The van der Waals surface area contributed by atoms with Crippen molar-refractivity contribution in [1.82, 2.24) is 0 Å². The summed E-state index contributed by atoms with van der Waals surface area (Å²) in [5.74, 6) is -0.227. The maximum absolute atomic E-state index is 13.3. The van der Waals surface area contributed by atoms with Crippen LogP contribution in [0.2, 0.25) is 0 Å². The minimum atomic E-state index is -0.227. The lowest BCUT2D eigenvalue weighted by molar-refractivity contribution is 0.545. The van der Waals surface area contributed by atoms with Crippen LogP contribution in [0.1, 0.15) is 11.1 Å². The van der Waals surface area contributed by atoms with E-state index in [0.29, 0.717) is 0 Å². The number of hydrogen-bond donors (Lipinski definition) is 0. The van der Waals surface area contributed by atoms with Gasteiger partial charge in [0.1, 0.15) is 5.82 Å². The van der Waals surface area contributed by atoms with Crippen molar-refractivity contribution in [2.75, 3.05) is 10.7 Å². The predicted molar refractivity (Wildman–Crippen MR) is 101 cm³/mol. The van der Waals surface area contributed by atoms with Crippen molar-refractivity contribution in [2.24, 2.45) is 0 Å².